The number of nitrogens with zero attached hydrogens (tertiary/aromatic N) is 2. The van der Waals surface area contributed by atoms with Gasteiger partial charge < -0.3 is 9.73 Å². The summed E-state index contributed by atoms with van der Waals surface area (Å²) in [7, 11) is -3.91. The first kappa shape index (κ1) is 21.3. The summed E-state index contributed by atoms with van der Waals surface area (Å²) in [6.45, 7) is 0.231. The number of hydrogen-bond donors (Lipinski definition) is 1. The highest BCUT2D eigenvalue weighted by atomic mass is 32.2. The predicted molar refractivity (Wildman–Crippen MR) is 121 cm³/mol. The molecule has 168 valence electrons. The van der Waals surface area contributed by atoms with Crippen molar-refractivity contribution in [3.8, 4) is 11.5 Å². The van der Waals surface area contributed by atoms with E-state index < -0.39 is 27.8 Å². The first-order chi connectivity index (χ1) is 15.9. The van der Waals surface area contributed by atoms with E-state index in [9.17, 15) is 17.6 Å². The number of amides is 1. The lowest BCUT2D eigenvalue weighted by Gasteiger charge is -2.23. The molecular formula is C24H20FN3O4S. The average Bonchev–Trinajstić information content (AvgIpc) is 3.48. The number of para-hydroxylation sites is 2. The molecule has 1 aromatic heterocycles. The molecule has 0 spiro atoms. The quantitative estimate of drug-likeness (QED) is 0.471. The van der Waals surface area contributed by atoms with Crippen LogP contribution in [0.25, 0.3) is 22.6 Å². The number of aromatic nitrogens is 1. The van der Waals surface area contributed by atoms with E-state index in [1.807, 2.05) is 24.3 Å². The molecule has 0 bridgehead atoms. The Morgan fingerprint density at radius 3 is 2.48 bits per heavy atom. The van der Waals surface area contributed by atoms with Crippen molar-refractivity contribution >= 4 is 32.7 Å². The number of benzene rings is 3. The first-order valence-corrected chi connectivity index (χ1v) is 11.9. The third-order valence-electron chi connectivity index (χ3n) is 5.62. The zero-order chi connectivity index (χ0) is 23.0. The molecular weight excluding hydrogens is 445 g/mol. The van der Waals surface area contributed by atoms with Crippen LogP contribution in [0.3, 0.4) is 0 Å². The molecule has 4 aromatic rings. The van der Waals surface area contributed by atoms with Crippen molar-refractivity contribution < 1.29 is 22.0 Å². The minimum absolute atomic E-state index is 0.0358. The normalized spacial score (nSPS) is 16.8. The molecule has 5 rings (SSSR count). The molecule has 1 atom stereocenters. The molecule has 1 aliphatic heterocycles. The summed E-state index contributed by atoms with van der Waals surface area (Å²) in [5, 5.41) is 2.80. The number of fused-ring (bicyclic) bond motifs is 1. The van der Waals surface area contributed by atoms with Crippen LogP contribution < -0.4 is 5.32 Å². The van der Waals surface area contributed by atoms with E-state index in [-0.39, 0.29) is 11.4 Å². The van der Waals surface area contributed by atoms with Gasteiger partial charge in [-0.05, 0) is 73.5 Å². The Hall–Kier alpha value is -3.56. The summed E-state index contributed by atoms with van der Waals surface area (Å²) >= 11 is 0. The Balaban J connectivity index is 1.32. The van der Waals surface area contributed by atoms with Gasteiger partial charge in [-0.3, -0.25) is 4.79 Å². The number of rotatable bonds is 5. The van der Waals surface area contributed by atoms with Crippen molar-refractivity contribution in [2.45, 2.75) is 23.8 Å². The third-order valence-corrected chi connectivity index (χ3v) is 7.54. The van der Waals surface area contributed by atoms with Gasteiger partial charge in [-0.25, -0.2) is 17.8 Å². The van der Waals surface area contributed by atoms with Gasteiger partial charge in [0.15, 0.2) is 5.58 Å². The lowest BCUT2D eigenvalue weighted by Crippen LogP contribution is -2.43. The second kappa shape index (κ2) is 8.42. The van der Waals surface area contributed by atoms with Crippen LogP contribution in [0, 0.1) is 5.82 Å². The lowest BCUT2D eigenvalue weighted by atomic mass is 10.2. The maximum absolute atomic E-state index is 13.2. The van der Waals surface area contributed by atoms with E-state index in [1.165, 1.54) is 16.4 Å². The van der Waals surface area contributed by atoms with Crippen LogP contribution in [0.5, 0.6) is 0 Å². The largest absolute Gasteiger partial charge is 0.436 e. The van der Waals surface area contributed by atoms with Gasteiger partial charge in [0.25, 0.3) is 0 Å². The molecule has 0 unspecified atom stereocenters. The van der Waals surface area contributed by atoms with Crippen molar-refractivity contribution in [1.29, 1.82) is 0 Å². The topological polar surface area (TPSA) is 92.5 Å². The van der Waals surface area contributed by atoms with Crippen molar-refractivity contribution in [3.63, 3.8) is 0 Å². The number of anilines is 1. The van der Waals surface area contributed by atoms with Gasteiger partial charge in [0.05, 0.1) is 4.90 Å². The van der Waals surface area contributed by atoms with Gasteiger partial charge in [0.2, 0.25) is 21.8 Å². The van der Waals surface area contributed by atoms with E-state index >= 15 is 0 Å². The minimum atomic E-state index is -3.91. The molecule has 7 nitrogen and oxygen atoms in total. The summed E-state index contributed by atoms with van der Waals surface area (Å²) < 4.78 is 46.1. The Kier molecular flexibility index (Phi) is 5.43. The van der Waals surface area contributed by atoms with Gasteiger partial charge in [0, 0.05) is 17.8 Å². The maximum atomic E-state index is 13.2. The predicted octanol–water partition coefficient (Wildman–Crippen LogP) is 4.43. The Bertz CT molecular complexity index is 1380. The number of hydrogen-bond acceptors (Lipinski definition) is 5. The minimum Gasteiger partial charge on any atom is -0.436 e. The average molecular weight is 466 g/mol. The second-order valence-electron chi connectivity index (χ2n) is 7.78. The van der Waals surface area contributed by atoms with Gasteiger partial charge in [-0.1, -0.05) is 12.1 Å². The molecule has 0 radical (unpaired) electrons. The van der Waals surface area contributed by atoms with Crippen LogP contribution in [0.2, 0.25) is 0 Å². The highest BCUT2D eigenvalue weighted by Gasteiger charge is 2.39. The third kappa shape index (κ3) is 4.12. The number of oxazole rings is 1. The van der Waals surface area contributed by atoms with Crippen LogP contribution >= 0.6 is 0 Å². The summed E-state index contributed by atoms with van der Waals surface area (Å²) in [4.78, 5) is 17.3. The summed E-state index contributed by atoms with van der Waals surface area (Å²) in [6.07, 6.45) is 0.975. The van der Waals surface area contributed by atoms with Crippen LogP contribution in [0.1, 0.15) is 12.8 Å². The fourth-order valence-corrected chi connectivity index (χ4v) is 5.61. The molecule has 1 fully saturated rings. The van der Waals surface area contributed by atoms with E-state index in [2.05, 4.69) is 10.3 Å². The van der Waals surface area contributed by atoms with Crippen LogP contribution in [0.15, 0.2) is 82.1 Å². The SMILES string of the molecule is O=C(Nc1ccc(-c2nc3ccccc3o2)cc1)[C@@H]1CCCN1S(=O)(=O)c1ccc(F)cc1. The molecule has 3 aromatic carbocycles. The zero-order valence-electron chi connectivity index (χ0n) is 17.4. The number of carbonyl (C=O) groups is 1. The van der Waals surface area contributed by atoms with Crippen molar-refractivity contribution in [2.24, 2.45) is 0 Å². The fraction of sp³-hybridized carbons (Fsp3) is 0.167. The standard InChI is InChI=1S/C24H20FN3O4S/c25-17-9-13-19(14-10-17)33(30,31)28-15-3-5-21(28)23(29)26-18-11-7-16(8-12-18)24-27-20-4-1-2-6-22(20)32-24/h1-2,4,6-14,21H,3,5,15H2,(H,26,29)/t21-/m0/s1. The molecule has 33 heavy (non-hydrogen) atoms. The highest BCUT2D eigenvalue weighted by molar-refractivity contribution is 7.89. The van der Waals surface area contributed by atoms with Crippen LogP contribution in [0.4, 0.5) is 10.1 Å². The van der Waals surface area contributed by atoms with Gasteiger partial charge in [-0.15, -0.1) is 0 Å². The monoisotopic (exact) mass is 465 g/mol. The smallest absolute Gasteiger partial charge is 0.243 e. The molecule has 1 saturated heterocycles. The Morgan fingerprint density at radius 2 is 1.76 bits per heavy atom. The molecule has 2 heterocycles. The van der Waals surface area contributed by atoms with Crippen molar-refractivity contribution in [3.05, 3.63) is 78.6 Å². The van der Waals surface area contributed by atoms with Crippen molar-refractivity contribution in [1.82, 2.24) is 9.29 Å². The highest BCUT2D eigenvalue weighted by Crippen LogP contribution is 2.28. The number of carbonyl (C=O) groups excluding carboxylic acids is 1. The number of nitrogens with one attached hydrogen (secondary N) is 1. The van der Waals surface area contributed by atoms with Crippen LogP contribution in [-0.4, -0.2) is 36.2 Å². The van der Waals surface area contributed by atoms with Crippen LogP contribution in [-0.2, 0) is 14.8 Å². The van der Waals surface area contributed by atoms with E-state index in [1.54, 1.807) is 24.3 Å². The maximum Gasteiger partial charge on any atom is 0.243 e. The van der Waals surface area contributed by atoms with Gasteiger partial charge in [-0.2, -0.15) is 4.31 Å². The molecule has 1 aliphatic rings. The second-order valence-corrected chi connectivity index (χ2v) is 9.67. The Labute approximate surface area is 189 Å². The molecule has 1 N–H and O–H groups in total. The molecule has 0 aliphatic carbocycles. The Morgan fingerprint density at radius 1 is 1.03 bits per heavy atom. The number of sulfonamides is 1. The zero-order valence-corrected chi connectivity index (χ0v) is 18.3. The first-order valence-electron chi connectivity index (χ1n) is 10.5. The molecule has 0 saturated carbocycles. The fourth-order valence-electron chi connectivity index (χ4n) is 3.95. The number of halogens is 1. The summed E-state index contributed by atoms with van der Waals surface area (Å²) in [6, 6.07) is 18.2. The summed E-state index contributed by atoms with van der Waals surface area (Å²) in [5.74, 6) is -0.458. The van der Waals surface area contributed by atoms with Gasteiger partial charge >= 0.3 is 0 Å². The van der Waals surface area contributed by atoms with E-state index in [4.69, 9.17) is 4.42 Å². The van der Waals surface area contributed by atoms with Gasteiger partial charge in [0.1, 0.15) is 17.4 Å². The molecule has 1 amide bonds. The van der Waals surface area contributed by atoms with E-state index in [0.29, 0.717) is 30.0 Å². The lowest BCUT2D eigenvalue weighted by molar-refractivity contribution is -0.119. The van der Waals surface area contributed by atoms with E-state index in [0.717, 1.165) is 23.2 Å². The molecule has 9 heteroatoms. The van der Waals surface area contributed by atoms with Crippen molar-refractivity contribution in [2.75, 3.05) is 11.9 Å². The summed E-state index contributed by atoms with van der Waals surface area (Å²) in [5.41, 5.74) is 2.73.